The smallest absolute Gasteiger partial charge is 0.323 e. The molecule has 0 saturated carbocycles. The van der Waals surface area contributed by atoms with Crippen LogP contribution in [0.25, 0.3) is 21.8 Å². The van der Waals surface area contributed by atoms with Gasteiger partial charge < -0.3 is 25.1 Å². The molecule has 1 amide bonds. The molecule has 0 radical (unpaired) electrons. The number of H-pyrrole nitrogens is 2. The lowest BCUT2D eigenvalue weighted by Gasteiger charge is -2.11. The summed E-state index contributed by atoms with van der Waals surface area (Å²) in [5, 5.41) is 22.7. The predicted molar refractivity (Wildman–Crippen MR) is 139 cm³/mol. The lowest BCUT2D eigenvalue weighted by molar-refractivity contribution is 0.102. The molecule has 0 saturated heterocycles. The van der Waals surface area contributed by atoms with Gasteiger partial charge in [-0.3, -0.25) is 9.35 Å². The van der Waals surface area contributed by atoms with Crippen LogP contribution in [0.5, 0.6) is 11.5 Å². The Kier molecular flexibility index (Phi) is 6.14. The molecule has 0 atom stereocenters. The number of imidazole rings is 1. The highest BCUT2D eigenvalue weighted by Crippen LogP contribution is 2.40. The van der Waals surface area contributed by atoms with Gasteiger partial charge >= 0.3 is 5.69 Å². The van der Waals surface area contributed by atoms with Gasteiger partial charge in [0.25, 0.3) is 16.0 Å². The van der Waals surface area contributed by atoms with Crippen molar-refractivity contribution >= 4 is 54.9 Å². The standard InChI is InChI=1S/C25H19N5O7S/c1-37-15-7-9-19(21(12-15)38(34,35)36)29-30-22-16-5-3-2-4-13(16)10-17(23(22)31)24(32)26-14-6-8-18-20(11-14)28-25(33)27-18/h2-12,31H,1H3,(H,26,32)(H2,27,28,33)(H,34,35,36). The number of methoxy groups -OCH3 is 1. The zero-order valence-corrected chi connectivity index (χ0v) is 20.4. The number of hydrogen-bond donors (Lipinski definition) is 5. The fourth-order valence-corrected chi connectivity index (χ4v) is 4.55. The van der Waals surface area contributed by atoms with E-state index in [0.29, 0.717) is 27.5 Å². The fourth-order valence-electron chi connectivity index (χ4n) is 3.92. The number of rotatable bonds is 6. The van der Waals surface area contributed by atoms with Crippen LogP contribution in [-0.4, -0.2) is 41.1 Å². The summed E-state index contributed by atoms with van der Waals surface area (Å²) in [6.07, 6.45) is 0. The molecule has 4 aromatic carbocycles. The monoisotopic (exact) mass is 533 g/mol. The van der Waals surface area contributed by atoms with Crippen molar-refractivity contribution in [1.29, 1.82) is 0 Å². The lowest BCUT2D eigenvalue weighted by atomic mass is 10.0. The van der Waals surface area contributed by atoms with Crippen molar-refractivity contribution < 1.29 is 27.6 Å². The summed E-state index contributed by atoms with van der Waals surface area (Å²) in [4.78, 5) is 29.3. The van der Waals surface area contributed by atoms with Crippen molar-refractivity contribution in [2.75, 3.05) is 12.4 Å². The number of anilines is 1. The molecular formula is C25H19N5O7S. The number of carbonyl (C=O) groups excluding carboxylic acids is 1. The van der Waals surface area contributed by atoms with Gasteiger partial charge in [0.1, 0.15) is 22.0 Å². The summed E-state index contributed by atoms with van der Waals surface area (Å²) in [6.45, 7) is 0. The zero-order valence-electron chi connectivity index (χ0n) is 19.6. The van der Waals surface area contributed by atoms with E-state index in [2.05, 4.69) is 25.5 Å². The lowest BCUT2D eigenvalue weighted by Crippen LogP contribution is -2.12. The van der Waals surface area contributed by atoms with Gasteiger partial charge in [-0.15, -0.1) is 10.2 Å². The maximum absolute atomic E-state index is 13.2. The first-order valence-corrected chi connectivity index (χ1v) is 12.4. The number of aromatic hydroxyl groups is 1. The summed E-state index contributed by atoms with van der Waals surface area (Å²) < 4.78 is 38.4. The van der Waals surface area contributed by atoms with Crippen LogP contribution in [0.1, 0.15) is 10.4 Å². The normalized spacial score (nSPS) is 11.8. The van der Waals surface area contributed by atoms with E-state index in [4.69, 9.17) is 4.74 Å². The average molecular weight is 534 g/mol. The summed E-state index contributed by atoms with van der Waals surface area (Å²) in [6, 6.07) is 16.8. The highest BCUT2D eigenvalue weighted by Gasteiger charge is 2.20. The van der Waals surface area contributed by atoms with E-state index in [0.717, 1.165) is 6.07 Å². The van der Waals surface area contributed by atoms with Crippen LogP contribution in [0.3, 0.4) is 0 Å². The number of carbonyl (C=O) groups is 1. The van der Waals surface area contributed by atoms with Gasteiger partial charge in [0.05, 0.1) is 23.7 Å². The van der Waals surface area contributed by atoms with Crippen LogP contribution in [0.2, 0.25) is 0 Å². The molecule has 0 bridgehead atoms. The Hall–Kier alpha value is -5.01. The first-order chi connectivity index (χ1) is 18.1. The molecule has 1 heterocycles. The van der Waals surface area contributed by atoms with Gasteiger partial charge in [-0.2, -0.15) is 8.42 Å². The average Bonchev–Trinajstić information content (AvgIpc) is 3.26. The second-order valence-electron chi connectivity index (χ2n) is 8.14. The number of hydrogen-bond acceptors (Lipinski definition) is 8. The zero-order chi connectivity index (χ0) is 27.0. The molecule has 38 heavy (non-hydrogen) atoms. The Bertz CT molecular complexity index is 1930. The van der Waals surface area contributed by atoms with E-state index < -0.39 is 26.7 Å². The van der Waals surface area contributed by atoms with Crippen molar-refractivity contribution in [2.24, 2.45) is 10.2 Å². The molecule has 0 aliphatic rings. The molecule has 0 aliphatic carbocycles. The molecule has 5 N–H and O–H groups in total. The number of aromatic amines is 2. The highest BCUT2D eigenvalue weighted by molar-refractivity contribution is 7.86. The minimum Gasteiger partial charge on any atom is -0.505 e. The molecule has 5 aromatic rings. The van der Waals surface area contributed by atoms with E-state index in [1.807, 2.05) is 0 Å². The summed E-state index contributed by atoms with van der Waals surface area (Å²) >= 11 is 0. The maximum Gasteiger partial charge on any atom is 0.323 e. The fraction of sp³-hybridized carbons (Fsp3) is 0.0400. The van der Waals surface area contributed by atoms with Gasteiger partial charge in [0.2, 0.25) is 0 Å². The molecular weight excluding hydrogens is 514 g/mol. The molecule has 12 nitrogen and oxygen atoms in total. The number of nitrogens with zero attached hydrogens (tertiary/aromatic N) is 2. The van der Waals surface area contributed by atoms with Crippen LogP contribution in [0.15, 0.2) is 86.6 Å². The molecule has 5 rings (SSSR count). The number of phenolic OH excluding ortho intramolecular Hbond substituents is 1. The van der Waals surface area contributed by atoms with Gasteiger partial charge in [-0.1, -0.05) is 24.3 Å². The second kappa shape index (κ2) is 9.46. The Balaban J connectivity index is 1.58. The molecule has 1 aromatic heterocycles. The maximum atomic E-state index is 13.2. The van der Waals surface area contributed by atoms with Crippen LogP contribution >= 0.6 is 0 Å². The quantitative estimate of drug-likeness (QED) is 0.155. The van der Waals surface area contributed by atoms with Crippen molar-refractivity contribution in [3.05, 3.63) is 82.8 Å². The van der Waals surface area contributed by atoms with E-state index in [9.17, 15) is 27.7 Å². The van der Waals surface area contributed by atoms with E-state index in [1.165, 1.54) is 25.3 Å². The van der Waals surface area contributed by atoms with Gasteiger partial charge in [0, 0.05) is 17.1 Å². The molecule has 0 fully saturated rings. The van der Waals surface area contributed by atoms with Crippen molar-refractivity contribution in [1.82, 2.24) is 9.97 Å². The third kappa shape index (κ3) is 4.70. The number of azo groups is 1. The number of ether oxygens (including phenoxy) is 1. The first-order valence-electron chi connectivity index (χ1n) is 11.0. The molecule has 0 spiro atoms. The Labute approximate surface area is 214 Å². The van der Waals surface area contributed by atoms with Crippen LogP contribution in [0.4, 0.5) is 17.1 Å². The predicted octanol–water partition coefficient (Wildman–Crippen LogP) is 4.64. The second-order valence-corrected chi connectivity index (χ2v) is 9.53. The largest absolute Gasteiger partial charge is 0.505 e. The summed E-state index contributed by atoms with van der Waals surface area (Å²) in [7, 11) is -3.34. The third-order valence-electron chi connectivity index (χ3n) is 5.72. The minimum atomic E-state index is -4.68. The van der Waals surface area contributed by atoms with E-state index >= 15 is 0 Å². The Morgan fingerprint density at radius 1 is 0.974 bits per heavy atom. The number of phenols is 1. The number of aromatic nitrogens is 2. The topological polar surface area (TPSA) is 186 Å². The first kappa shape index (κ1) is 24.7. The van der Waals surface area contributed by atoms with Crippen molar-refractivity contribution in [3.8, 4) is 11.5 Å². The summed E-state index contributed by atoms with van der Waals surface area (Å²) in [5.41, 5.74) is 0.608. The highest BCUT2D eigenvalue weighted by atomic mass is 32.2. The van der Waals surface area contributed by atoms with Crippen molar-refractivity contribution in [3.63, 3.8) is 0 Å². The number of fused-ring (bicyclic) bond motifs is 2. The summed E-state index contributed by atoms with van der Waals surface area (Å²) in [5.74, 6) is -0.988. The molecule has 13 heteroatoms. The third-order valence-corrected chi connectivity index (χ3v) is 6.60. The number of nitrogens with one attached hydrogen (secondary N) is 3. The van der Waals surface area contributed by atoms with Gasteiger partial charge in [-0.05, 0) is 41.8 Å². The minimum absolute atomic E-state index is 0.0872. The SMILES string of the molecule is COc1ccc(N=Nc2c(O)c(C(=O)Nc3ccc4[nH]c(=O)[nH]c4c3)cc3ccccc23)c(S(=O)(=O)O)c1. The van der Waals surface area contributed by atoms with Crippen LogP contribution in [0, 0.1) is 0 Å². The van der Waals surface area contributed by atoms with Gasteiger partial charge in [0.15, 0.2) is 5.75 Å². The van der Waals surface area contributed by atoms with E-state index in [1.54, 1.807) is 42.5 Å². The van der Waals surface area contributed by atoms with Crippen LogP contribution < -0.4 is 15.7 Å². The molecule has 0 aliphatic heterocycles. The number of benzene rings is 4. The van der Waals surface area contributed by atoms with E-state index in [-0.39, 0.29) is 28.4 Å². The van der Waals surface area contributed by atoms with Gasteiger partial charge in [-0.25, -0.2) is 4.79 Å². The Morgan fingerprint density at radius 2 is 1.74 bits per heavy atom. The van der Waals surface area contributed by atoms with Crippen molar-refractivity contribution in [2.45, 2.75) is 4.90 Å². The molecule has 192 valence electrons. The number of amides is 1. The Morgan fingerprint density at radius 3 is 2.50 bits per heavy atom. The van der Waals surface area contributed by atoms with Crippen LogP contribution in [-0.2, 0) is 10.1 Å². The molecule has 0 unspecified atom stereocenters.